The zero-order valence-corrected chi connectivity index (χ0v) is 11.3. The lowest BCUT2D eigenvalue weighted by Crippen LogP contribution is -2.51. The smallest absolute Gasteiger partial charge is 0.407 e. The second kappa shape index (κ2) is 7.20. The molecule has 0 spiro atoms. The standard InChI is InChI=1S/C12H22N2O4/c1-4-18-12(16)13-10-6-5-7-14(8-10)11(15)9(2)17-3/h9-10H,4-8H2,1-3H3,(H,13,16). The molecule has 0 saturated carbocycles. The summed E-state index contributed by atoms with van der Waals surface area (Å²) in [7, 11) is 1.51. The van der Waals surface area contributed by atoms with Crippen molar-refractivity contribution in [1.82, 2.24) is 10.2 Å². The van der Waals surface area contributed by atoms with E-state index >= 15 is 0 Å². The molecule has 1 aliphatic rings. The first-order chi connectivity index (χ1) is 8.58. The molecule has 2 amide bonds. The fourth-order valence-corrected chi connectivity index (χ4v) is 1.99. The Morgan fingerprint density at radius 1 is 1.50 bits per heavy atom. The highest BCUT2D eigenvalue weighted by Crippen LogP contribution is 2.12. The van der Waals surface area contributed by atoms with Gasteiger partial charge in [0.1, 0.15) is 6.10 Å². The Kier molecular flexibility index (Phi) is 5.91. The van der Waals surface area contributed by atoms with Crippen molar-refractivity contribution in [2.45, 2.75) is 38.8 Å². The van der Waals surface area contributed by atoms with Crippen molar-refractivity contribution in [3.8, 4) is 0 Å². The summed E-state index contributed by atoms with van der Waals surface area (Å²) >= 11 is 0. The van der Waals surface area contributed by atoms with Crippen LogP contribution >= 0.6 is 0 Å². The molecule has 18 heavy (non-hydrogen) atoms. The Morgan fingerprint density at radius 2 is 2.22 bits per heavy atom. The Morgan fingerprint density at radius 3 is 2.83 bits per heavy atom. The number of nitrogens with zero attached hydrogens (tertiary/aromatic N) is 1. The highest BCUT2D eigenvalue weighted by atomic mass is 16.5. The minimum Gasteiger partial charge on any atom is -0.450 e. The van der Waals surface area contributed by atoms with E-state index < -0.39 is 12.2 Å². The molecule has 0 aromatic heterocycles. The zero-order chi connectivity index (χ0) is 13.5. The minimum absolute atomic E-state index is 0.0344. The monoisotopic (exact) mass is 258 g/mol. The van der Waals surface area contributed by atoms with Gasteiger partial charge in [-0.1, -0.05) is 0 Å². The first-order valence-corrected chi connectivity index (χ1v) is 6.33. The lowest BCUT2D eigenvalue weighted by Gasteiger charge is -2.34. The van der Waals surface area contributed by atoms with Gasteiger partial charge in [-0.2, -0.15) is 0 Å². The predicted molar refractivity (Wildman–Crippen MR) is 66.2 cm³/mol. The molecule has 0 bridgehead atoms. The number of methoxy groups -OCH3 is 1. The maximum atomic E-state index is 11.9. The van der Waals surface area contributed by atoms with Crippen LogP contribution in [0.3, 0.4) is 0 Å². The van der Waals surface area contributed by atoms with E-state index in [2.05, 4.69) is 5.32 Å². The van der Waals surface area contributed by atoms with Crippen LogP contribution in [-0.2, 0) is 14.3 Å². The number of carbonyl (C=O) groups is 2. The molecule has 0 aliphatic carbocycles. The van der Waals surface area contributed by atoms with Crippen molar-refractivity contribution < 1.29 is 19.1 Å². The van der Waals surface area contributed by atoms with E-state index in [1.807, 2.05) is 0 Å². The van der Waals surface area contributed by atoms with Crippen LogP contribution in [0.4, 0.5) is 4.79 Å². The number of hydrogen-bond acceptors (Lipinski definition) is 4. The Balaban J connectivity index is 2.45. The molecule has 6 heteroatoms. The molecule has 104 valence electrons. The maximum absolute atomic E-state index is 11.9. The number of piperidine rings is 1. The second-order valence-electron chi connectivity index (χ2n) is 4.37. The van der Waals surface area contributed by atoms with E-state index in [0.29, 0.717) is 19.7 Å². The van der Waals surface area contributed by atoms with Crippen molar-refractivity contribution in [1.29, 1.82) is 0 Å². The second-order valence-corrected chi connectivity index (χ2v) is 4.37. The fraction of sp³-hybridized carbons (Fsp3) is 0.833. The van der Waals surface area contributed by atoms with Gasteiger partial charge in [0.05, 0.1) is 6.61 Å². The summed E-state index contributed by atoms with van der Waals surface area (Å²) in [4.78, 5) is 25.0. The molecule has 6 nitrogen and oxygen atoms in total. The fourth-order valence-electron chi connectivity index (χ4n) is 1.99. The SMILES string of the molecule is CCOC(=O)NC1CCCN(C(=O)C(C)OC)C1. The van der Waals surface area contributed by atoms with Crippen molar-refractivity contribution in [3.05, 3.63) is 0 Å². The third kappa shape index (κ3) is 4.18. The third-order valence-electron chi connectivity index (χ3n) is 3.03. The summed E-state index contributed by atoms with van der Waals surface area (Å²) in [5.41, 5.74) is 0. The van der Waals surface area contributed by atoms with E-state index in [4.69, 9.17) is 9.47 Å². The molecule has 2 unspecified atom stereocenters. The number of hydrogen-bond donors (Lipinski definition) is 1. The molecular formula is C12H22N2O4. The van der Waals surface area contributed by atoms with Crippen LogP contribution in [-0.4, -0.2) is 55.9 Å². The van der Waals surface area contributed by atoms with E-state index in [1.165, 1.54) is 7.11 Å². The Labute approximate surface area is 108 Å². The number of likely N-dealkylation sites (tertiary alicyclic amines) is 1. The van der Waals surface area contributed by atoms with Gasteiger partial charge in [0.15, 0.2) is 0 Å². The molecule has 1 saturated heterocycles. The number of alkyl carbamates (subject to hydrolysis) is 1. The quantitative estimate of drug-likeness (QED) is 0.808. The summed E-state index contributed by atoms with van der Waals surface area (Å²) in [6.07, 6.45) is 0.881. The highest BCUT2D eigenvalue weighted by molar-refractivity contribution is 5.80. The van der Waals surface area contributed by atoms with Gasteiger partial charge in [0.2, 0.25) is 0 Å². The molecule has 1 heterocycles. The van der Waals surface area contributed by atoms with Gasteiger partial charge in [0.25, 0.3) is 5.91 Å². The lowest BCUT2D eigenvalue weighted by atomic mass is 10.1. The number of carbonyl (C=O) groups excluding carboxylic acids is 2. The summed E-state index contributed by atoms with van der Waals surface area (Å²) in [5, 5.41) is 2.77. The van der Waals surface area contributed by atoms with Gasteiger partial charge in [-0.25, -0.2) is 4.79 Å². The third-order valence-corrected chi connectivity index (χ3v) is 3.03. The summed E-state index contributed by atoms with van der Waals surface area (Å²) in [5.74, 6) is -0.0344. The van der Waals surface area contributed by atoms with E-state index in [1.54, 1.807) is 18.7 Å². The van der Waals surface area contributed by atoms with Gasteiger partial charge in [-0.05, 0) is 26.7 Å². The van der Waals surface area contributed by atoms with Gasteiger partial charge in [-0.3, -0.25) is 4.79 Å². The van der Waals surface area contributed by atoms with E-state index in [-0.39, 0.29) is 11.9 Å². The molecule has 0 radical (unpaired) electrons. The van der Waals surface area contributed by atoms with Crippen LogP contribution in [0, 0.1) is 0 Å². The predicted octanol–water partition coefficient (Wildman–Crippen LogP) is 0.758. The van der Waals surface area contributed by atoms with Crippen LogP contribution in [0.1, 0.15) is 26.7 Å². The van der Waals surface area contributed by atoms with Gasteiger partial charge < -0.3 is 19.7 Å². The first kappa shape index (κ1) is 14.8. The molecule has 1 aliphatic heterocycles. The summed E-state index contributed by atoms with van der Waals surface area (Å²) in [6, 6.07) is -0.0363. The number of rotatable bonds is 4. The normalized spacial score (nSPS) is 21.3. The minimum atomic E-state index is -0.439. The van der Waals surface area contributed by atoms with E-state index in [9.17, 15) is 9.59 Å². The lowest BCUT2D eigenvalue weighted by molar-refractivity contribution is -0.142. The topological polar surface area (TPSA) is 67.9 Å². The van der Waals surface area contributed by atoms with Crippen LogP contribution < -0.4 is 5.32 Å². The van der Waals surface area contributed by atoms with E-state index in [0.717, 1.165) is 12.8 Å². The maximum Gasteiger partial charge on any atom is 0.407 e. The van der Waals surface area contributed by atoms with Crippen molar-refractivity contribution >= 4 is 12.0 Å². The van der Waals surface area contributed by atoms with Crippen LogP contribution in [0.25, 0.3) is 0 Å². The number of amides is 2. The molecule has 1 rings (SSSR count). The van der Waals surface area contributed by atoms with Crippen LogP contribution in [0.5, 0.6) is 0 Å². The van der Waals surface area contributed by atoms with Gasteiger partial charge in [-0.15, -0.1) is 0 Å². The molecule has 1 fully saturated rings. The van der Waals surface area contributed by atoms with Crippen LogP contribution in [0.2, 0.25) is 0 Å². The van der Waals surface area contributed by atoms with Crippen molar-refractivity contribution in [3.63, 3.8) is 0 Å². The number of nitrogens with one attached hydrogen (secondary N) is 1. The van der Waals surface area contributed by atoms with Crippen LogP contribution in [0.15, 0.2) is 0 Å². The zero-order valence-electron chi connectivity index (χ0n) is 11.3. The molecule has 0 aromatic carbocycles. The molecule has 2 atom stereocenters. The Bertz CT molecular complexity index is 296. The molecular weight excluding hydrogens is 236 g/mol. The summed E-state index contributed by atoms with van der Waals surface area (Å²) in [6.45, 7) is 5.07. The van der Waals surface area contributed by atoms with Crippen molar-refractivity contribution in [2.75, 3.05) is 26.8 Å². The summed E-state index contributed by atoms with van der Waals surface area (Å²) < 4.78 is 9.85. The van der Waals surface area contributed by atoms with Crippen molar-refractivity contribution in [2.24, 2.45) is 0 Å². The average molecular weight is 258 g/mol. The highest BCUT2D eigenvalue weighted by Gasteiger charge is 2.27. The largest absolute Gasteiger partial charge is 0.450 e. The number of ether oxygens (including phenoxy) is 2. The average Bonchev–Trinajstić information content (AvgIpc) is 2.37. The molecule has 1 N–H and O–H groups in total. The van der Waals surface area contributed by atoms with Gasteiger partial charge >= 0.3 is 6.09 Å². The molecule has 0 aromatic rings. The Hall–Kier alpha value is -1.30. The van der Waals surface area contributed by atoms with Gasteiger partial charge in [0, 0.05) is 26.2 Å². The first-order valence-electron chi connectivity index (χ1n) is 6.33.